The van der Waals surface area contributed by atoms with Crippen molar-refractivity contribution < 1.29 is 9.90 Å². The van der Waals surface area contributed by atoms with Gasteiger partial charge >= 0.3 is 0 Å². The topological polar surface area (TPSA) is 37.3 Å². The number of aryl methyl sites for hydroxylation is 1. The predicted molar refractivity (Wildman–Crippen MR) is 48.5 cm³/mol. The van der Waals surface area contributed by atoms with E-state index in [1.54, 1.807) is 6.07 Å². The summed E-state index contributed by atoms with van der Waals surface area (Å²) in [5.41, 5.74) is 1.46. The fourth-order valence-corrected chi connectivity index (χ4v) is 1.83. The maximum absolute atomic E-state index is 11.3. The van der Waals surface area contributed by atoms with Gasteiger partial charge in [-0.1, -0.05) is 6.07 Å². The maximum Gasteiger partial charge on any atom is 0.167 e. The van der Waals surface area contributed by atoms with E-state index in [0.29, 0.717) is 16.5 Å². The molecule has 0 atom stereocenters. The molecular formula is C9H7BrO2. The quantitative estimate of drug-likeness (QED) is 0.738. The molecule has 3 heteroatoms. The van der Waals surface area contributed by atoms with Crippen molar-refractivity contribution in [3.8, 4) is 5.75 Å². The molecule has 0 fully saturated rings. The first kappa shape index (κ1) is 7.80. The molecule has 0 radical (unpaired) electrons. The Kier molecular flexibility index (Phi) is 1.68. The number of phenolic OH excluding ortho intramolecular Hbond substituents is 1. The van der Waals surface area contributed by atoms with Gasteiger partial charge in [-0.3, -0.25) is 4.79 Å². The monoisotopic (exact) mass is 226 g/mol. The van der Waals surface area contributed by atoms with Gasteiger partial charge in [0.1, 0.15) is 5.75 Å². The van der Waals surface area contributed by atoms with Crippen LogP contribution in [0, 0.1) is 0 Å². The van der Waals surface area contributed by atoms with Crippen LogP contribution >= 0.6 is 15.9 Å². The SMILES string of the molecule is O=C1CCc2ccc(Br)c(O)c21. The van der Waals surface area contributed by atoms with Gasteiger partial charge in [-0.15, -0.1) is 0 Å². The summed E-state index contributed by atoms with van der Waals surface area (Å²) in [6.07, 6.45) is 1.29. The molecule has 1 aliphatic rings. The zero-order valence-electron chi connectivity index (χ0n) is 6.30. The van der Waals surface area contributed by atoms with Crippen LogP contribution in [0.1, 0.15) is 22.3 Å². The highest BCUT2D eigenvalue weighted by Crippen LogP contribution is 2.35. The lowest BCUT2D eigenvalue weighted by atomic mass is 10.1. The first-order valence-electron chi connectivity index (χ1n) is 3.73. The van der Waals surface area contributed by atoms with Crippen LogP contribution in [-0.4, -0.2) is 10.9 Å². The summed E-state index contributed by atoms with van der Waals surface area (Å²) in [4.78, 5) is 11.3. The zero-order valence-corrected chi connectivity index (χ0v) is 7.89. The Morgan fingerprint density at radius 3 is 2.83 bits per heavy atom. The van der Waals surface area contributed by atoms with Crippen molar-refractivity contribution in [2.24, 2.45) is 0 Å². The molecule has 0 heterocycles. The summed E-state index contributed by atoms with van der Waals surface area (Å²) in [7, 11) is 0. The minimum Gasteiger partial charge on any atom is -0.506 e. The van der Waals surface area contributed by atoms with E-state index in [-0.39, 0.29) is 11.5 Å². The van der Waals surface area contributed by atoms with E-state index < -0.39 is 0 Å². The van der Waals surface area contributed by atoms with E-state index in [4.69, 9.17) is 0 Å². The van der Waals surface area contributed by atoms with E-state index in [9.17, 15) is 9.90 Å². The molecule has 1 aromatic rings. The van der Waals surface area contributed by atoms with Crippen LogP contribution in [0.25, 0.3) is 0 Å². The number of rotatable bonds is 0. The third-order valence-corrected chi connectivity index (χ3v) is 2.76. The van der Waals surface area contributed by atoms with E-state index in [1.807, 2.05) is 6.07 Å². The number of hydrogen-bond acceptors (Lipinski definition) is 2. The molecule has 0 bridgehead atoms. The number of carbonyl (C=O) groups is 1. The summed E-state index contributed by atoms with van der Waals surface area (Å²) < 4.78 is 0.594. The van der Waals surface area contributed by atoms with Gasteiger partial charge in [-0.05, 0) is 34.0 Å². The molecule has 0 saturated heterocycles. The number of benzene rings is 1. The van der Waals surface area contributed by atoms with Crippen molar-refractivity contribution in [3.05, 3.63) is 27.7 Å². The number of aromatic hydroxyl groups is 1. The highest BCUT2D eigenvalue weighted by atomic mass is 79.9. The predicted octanol–water partition coefficient (Wildman–Crippen LogP) is 2.28. The summed E-state index contributed by atoms with van der Waals surface area (Å²) in [6, 6.07) is 3.65. The third-order valence-electron chi connectivity index (χ3n) is 2.12. The molecule has 2 rings (SSSR count). The Labute approximate surface area is 78.3 Å². The van der Waals surface area contributed by atoms with Crippen LogP contribution in [0.15, 0.2) is 16.6 Å². The minimum absolute atomic E-state index is 0.0452. The van der Waals surface area contributed by atoms with E-state index in [0.717, 1.165) is 12.0 Å². The van der Waals surface area contributed by atoms with Gasteiger partial charge in [0.2, 0.25) is 0 Å². The summed E-state index contributed by atoms with van der Waals surface area (Å²) in [5, 5.41) is 9.52. The van der Waals surface area contributed by atoms with E-state index in [1.165, 1.54) is 0 Å². The molecule has 0 aromatic heterocycles. The number of phenols is 1. The van der Waals surface area contributed by atoms with Gasteiger partial charge in [-0.2, -0.15) is 0 Å². The Balaban J connectivity index is 2.71. The lowest BCUT2D eigenvalue weighted by Crippen LogP contribution is -1.92. The van der Waals surface area contributed by atoms with Crippen LogP contribution in [0.4, 0.5) is 0 Å². The van der Waals surface area contributed by atoms with Gasteiger partial charge in [0, 0.05) is 6.42 Å². The lowest BCUT2D eigenvalue weighted by molar-refractivity contribution is 0.0992. The van der Waals surface area contributed by atoms with Crippen molar-refractivity contribution in [1.82, 2.24) is 0 Å². The first-order chi connectivity index (χ1) is 5.70. The van der Waals surface area contributed by atoms with Crippen molar-refractivity contribution in [3.63, 3.8) is 0 Å². The van der Waals surface area contributed by atoms with Gasteiger partial charge in [0.15, 0.2) is 5.78 Å². The van der Waals surface area contributed by atoms with Gasteiger partial charge in [0.05, 0.1) is 10.0 Å². The van der Waals surface area contributed by atoms with Crippen LogP contribution in [0.5, 0.6) is 5.75 Å². The van der Waals surface area contributed by atoms with Crippen LogP contribution in [0.3, 0.4) is 0 Å². The lowest BCUT2D eigenvalue weighted by Gasteiger charge is -2.02. The second-order valence-corrected chi connectivity index (χ2v) is 3.71. The average molecular weight is 227 g/mol. The second kappa shape index (κ2) is 2.59. The van der Waals surface area contributed by atoms with Crippen LogP contribution < -0.4 is 0 Å². The van der Waals surface area contributed by atoms with Gasteiger partial charge in [-0.25, -0.2) is 0 Å². The van der Waals surface area contributed by atoms with Gasteiger partial charge < -0.3 is 5.11 Å². The fourth-order valence-electron chi connectivity index (χ4n) is 1.50. The molecule has 62 valence electrons. The average Bonchev–Trinajstić information content (AvgIpc) is 2.41. The molecular weight excluding hydrogens is 220 g/mol. The molecule has 12 heavy (non-hydrogen) atoms. The molecule has 0 saturated carbocycles. The zero-order chi connectivity index (χ0) is 8.72. The third kappa shape index (κ3) is 0.966. The number of halogens is 1. The molecule has 1 aliphatic carbocycles. The highest BCUT2D eigenvalue weighted by Gasteiger charge is 2.23. The van der Waals surface area contributed by atoms with Crippen molar-refractivity contribution in [2.75, 3.05) is 0 Å². The molecule has 0 spiro atoms. The van der Waals surface area contributed by atoms with E-state index >= 15 is 0 Å². The van der Waals surface area contributed by atoms with Crippen molar-refractivity contribution in [2.45, 2.75) is 12.8 Å². The van der Waals surface area contributed by atoms with Crippen LogP contribution in [-0.2, 0) is 6.42 Å². The number of Topliss-reactive ketones (excluding diaryl/α,β-unsaturated/α-hetero) is 1. The molecule has 1 aromatic carbocycles. The molecule has 0 aliphatic heterocycles. The highest BCUT2D eigenvalue weighted by molar-refractivity contribution is 9.10. The Bertz CT molecular complexity index is 358. The van der Waals surface area contributed by atoms with Crippen molar-refractivity contribution in [1.29, 1.82) is 0 Å². The Morgan fingerprint density at radius 1 is 1.33 bits per heavy atom. The fraction of sp³-hybridized carbons (Fsp3) is 0.222. The molecule has 0 unspecified atom stereocenters. The standard InChI is InChI=1S/C9H7BrO2/c10-6-3-1-5-2-4-7(11)8(5)9(6)12/h1,3,12H,2,4H2. The van der Waals surface area contributed by atoms with Crippen molar-refractivity contribution >= 4 is 21.7 Å². The van der Waals surface area contributed by atoms with Crippen LogP contribution in [0.2, 0.25) is 0 Å². The molecule has 1 N–H and O–H groups in total. The number of hydrogen-bond donors (Lipinski definition) is 1. The number of carbonyl (C=O) groups excluding carboxylic acids is 1. The van der Waals surface area contributed by atoms with E-state index in [2.05, 4.69) is 15.9 Å². The summed E-state index contributed by atoms with van der Waals surface area (Å²) >= 11 is 3.17. The smallest absolute Gasteiger partial charge is 0.167 e. The normalized spacial score (nSPS) is 14.9. The molecule has 0 amide bonds. The number of ketones is 1. The van der Waals surface area contributed by atoms with Gasteiger partial charge in [0.25, 0.3) is 0 Å². The molecule has 2 nitrogen and oxygen atoms in total. The largest absolute Gasteiger partial charge is 0.506 e. The summed E-state index contributed by atoms with van der Waals surface area (Å²) in [5.74, 6) is 0.138. The number of fused-ring (bicyclic) bond motifs is 1. The Hall–Kier alpha value is -0.830. The first-order valence-corrected chi connectivity index (χ1v) is 4.53. The second-order valence-electron chi connectivity index (χ2n) is 2.85. The maximum atomic E-state index is 11.3. The summed E-state index contributed by atoms with van der Waals surface area (Å²) in [6.45, 7) is 0. The Morgan fingerprint density at radius 2 is 2.08 bits per heavy atom. The minimum atomic E-state index is 0.0452.